The third-order valence-corrected chi connectivity index (χ3v) is 6.08. The SMILES string of the molecule is CCCS(=O)(=O)NC(=O)c1cc(COc2ccc(-c3ccc(OC)cc3)cc2)c(C)o1. The molecule has 164 valence electrons. The minimum atomic E-state index is -3.67. The Morgan fingerprint density at radius 1 is 1.00 bits per heavy atom. The number of hydrogen-bond acceptors (Lipinski definition) is 6. The van der Waals surface area contributed by atoms with Crippen molar-refractivity contribution in [2.45, 2.75) is 26.9 Å². The summed E-state index contributed by atoms with van der Waals surface area (Å²) in [6.45, 7) is 3.61. The summed E-state index contributed by atoms with van der Waals surface area (Å²) in [4.78, 5) is 12.2. The number of nitrogens with one attached hydrogen (secondary N) is 1. The van der Waals surface area contributed by atoms with E-state index in [0.29, 0.717) is 23.5 Å². The van der Waals surface area contributed by atoms with Crippen molar-refractivity contribution in [1.29, 1.82) is 0 Å². The van der Waals surface area contributed by atoms with Crippen LogP contribution >= 0.6 is 0 Å². The van der Waals surface area contributed by atoms with Crippen molar-refractivity contribution in [1.82, 2.24) is 4.72 Å². The first-order valence-electron chi connectivity index (χ1n) is 9.82. The van der Waals surface area contributed by atoms with Gasteiger partial charge >= 0.3 is 0 Å². The predicted molar refractivity (Wildman–Crippen MR) is 118 cm³/mol. The molecule has 31 heavy (non-hydrogen) atoms. The molecule has 0 aliphatic rings. The average molecular weight is 444 g/mol. The number of hydrogen-bond donors (Lipinski definition) is 1. The summed E-state index contributed by atoms with van der Waals surface area (Å²) in [5.41, 5.74) is 2.77. The zero-order valence-electron chi connectivity index (χ0n) is 17.7. The Labute approximate surface area is 182 Å². The van der Waals surface area contributed by atoms with Gasteiger partial charge in [0.05, 0.1) is 12.9 Å². The van der Waals surface area contributed by atoms with E-state index < -0.39 is 15.9 Å². The summed E-state index contributed by atoms with van der Waals surface area (Å²) in [5.74, 6) is 0.982. The van der Waals surface area contributed by atoms with Gasteiger partial charge in [-0.2, -0.15) is 0 Å². The summed E-state index contributed by atoms with van der Waals surface area (Å²) in [6, 6.07) is 16.9. The normalized spacial score (nSPS) is 11.2. The van der Waals surface area contributed by atoms with Crippen LogP contribution in [0, 0.1) is 6.92 Å². The topological polar surface area (TPSA) is 94.8 Å². The molecule has 0 atom stereocenters. The van der Waals surface area contributed by atoms with Crippen LogP contribution < -0.4 is 14.2 Å². The maximum Gasteiger partial charge on any atom is 0.300 e. The Balaban J connectivity index is 1.63. The van der Waals surface area contributed by atoms with Crippen molar-refractivity contribution < 1.29 is 27.1 Å². The van der Waals surface area contributed by atoms with Gasteiger partial charge in [-0.15, -0.1) is 0 Å². The Morgan fingerprint density at radius 2 is 1.58 bits per heavy atom. The second-order valence-electron chi connectivity index (χ2n) is 6.98. The number of benzene rings is 2. The second-order valence-corrected chi connectivity index (χ2v) is 8.83. The summed E-state index contributed by atoms with van der Waals surface area (Å²) in [5, 5.41) is 0. The van der Waals surface area contributed by atoms with E-state index in [1.165, 1.54) is 6.07 Å². The van der Waals surface area contributed by atoms with Gasteiger partial charge in [0.25, 0.3) is 5.91 Å². The van der Waals surface area contributed by atoms with E-state index in [4.69, 9.17) is 13.9 Å². The van der Waals surface area contributed by atoms with Crippen LogP contribution in [-0.2, 0) is 16.6 Å². The first-order valence-corrected chi connectivity index (χ1v) is 11.5. The maximum absolute atomic E-state index is 12.2. The Kier molecular flexibility index (Phi) is 7.02. The molecule has 0 radical (unpaired) electrons. The molecule has 0 fully saturated rings. The molecule has 0 saturated heterocycles. The lowest BCUT2D eigenvalue weighted by Crippen LogP contribution is -2.32. The smallest absolute Gasteiger partial charge is 0.300 e. The van der Waals surface area contributed by atoms with Crippen LogP contribution in [0.4, 0.5) is 0 Å². The highest BCUT2D eigenvalue weighted by Gasteiger charge is 2.20. The van der Waals surface area contributed by atoms with Gasteiger partial charge in [0, 0.05) is 5.56 Å². The molecule has 1 aromatic heterocycles. The minimum absolute atomic E-state index is 0.0642. The fraction of sp³-hybridized carbons (Fsp3) is 0.261. The Bertz CT molecular complexity index is 1130. The van der Waals surface area contributed by atoms with Gasteiger partial charge in [-0.3, -0.25) is 4.79 Å². The molecular formula is C23H25NO6S. The lowest BCUT2D eigenvalue weighted by molar-refractivity contribution is 0.0953. The number of amides is 1. The number of aryl methyl sites for hydroxylation is 1. The first kappa shape index (κ1) is 22.4. The summed E-state index contributed by atoms with van der Waals surface area (Å²) in [7, 11) is -2.04. The zero-order chi connectivity index (χ0) is 22.4. The van der Waals surface area contributed by atoms with Gasteiger partial charge < -0.3 is 13.9 Å². The van der Waals surface area contributed by atoms with Gasteiger partial charge in [-0.1, -0.05) is 31.2 Å². The van der Waals surface area contributed by atoms with Crippen molar-refractivity contribution in [3.8, 4) is 22.6 Å². The van der Waals surface area contributed by atoms with Crippen LogP contribution in [0.2, 0.25) is 0 Å². The third-order valence-electron chi connectivity index (χ3n) is 4.64. The average Bonchev–Trinajstić information content (AvgIpc) is 3.13. The zero-order valence-corrected chi connectivity index (χ0v) is 18.5. The molecule has 0 unspecified atom stereocenters. The lowest BCUT2D eigenvalue weighted by atomic mass is 10.1. The van der Waals surface area contributed by atoms with Gasteiger partial charge in [-0.25, -0.2) is 13.1 Å². The van der Waals surface area contributed by atoms with Crippen LogP contribution in [0.15, 0.2) is 59.0 Å². The molecule has 3 rings (SSSR count). The largest absolute Gasteiger partial charge is 0.497 e. The first-order chi connectivity index (χ1) is 14.8. The molecule has 0 aliphatic heterocycles. The van der Waals surface area contributed by atoms with Gasteiger partial charge in [0.2, 0.25) is 10.0 Å². The standard InChI is InChI=1S/C23H25NO6S/c1-4-13-31(26,27)24-23(25)22-14-19(16(2)30-22)15-29-21-11-7-18(8-12-21)17-5-9-20(28-3)10-6-17/h5-12,14H,4,13,15H2,1-3H3,(H,24,25). The summed E-state index contributed by atoms with van der Waals surface area (Å²) in [6.07, 6.45) is 0.413. The molecule has 0 aliphatic carbocycles. The van der Waals surface area contributed by atoms with Crippen molar-refractivity contribution >= 4 is 15.9 Å². The lowest BCUT2D eigenvalue weighted by Gasteiger charge is -2.07. The molecule has 0 saturated carbocycles. The van der Waals surface area contributed by atoms with E-state index in [1.807, 2.05) is 53.3 Å². The van der Waals surface area contributed by atoms with E-state index in [9.17, 15) is 13.2 Å². The fourth-order valence-electron chi connectivity index (χ4n) is 2.97. The van der Waals surface area contributed by atoms with E-state index >= 15 is 0 Å². The van der Waals surface area contributed by atoms with Crippen molar-refractivity contribution in [2.75, 3.05) is 12.9 Å². The molecule has 0 bridgehead atoms. The number of ether oxygens (including phenoxy) is 2. The monoisotopic (exact) mass is 443 g/mol. The van der Waals surface area contributed by atoms with Crippen LogP contribution in [-0.4, -0.2) is 27.2 Å². The van der Waals surface area contributed by atoms with Gasteiger partial charge in [-0.05, 0) is 54.8 Å². The molecule has 1 N–H and O–H groups in total. The summed E-state index contributed by atoms with van der Waals surface area (Å²) >= 11 is 0. The quantitative estimate of drug-likeness (QED) is 0.529. The van der Waals surface area contributed by atoms with Crippen molar-refractivity contribution in [3.63, 3.8) is 0 Å². The van der Waals surface area contributed by atoms with E-state index in [-0.39, 0.29) is 18.1 Å². The van der Waals surface area contributed by atoms with Crippen molar-refractivity contribution in [2.24, 2.45) is 0 Å². The molecule has 8 heteroatoms. The molecule has 3 aromatic rings. The fourth-order valence-corrected chi connectivity index (χ4v) is 4.00. The maximum atomic E-state index is 12.2. The van der Waals surface area contributed by atoms with Gasteiger partial charge in [0.1, 0.15) is 23.9 Å². The molecule has 0 spiro atoms. The minimum Gasteiger partial charge on any atom is -0.497 e. The number of rotatable bonds is 9. The Hall–Kier alpha value is -3.26. The number of methoxy groups -OCH3 is 1. The predicted octanol–water partition coefficient (Wildman–Crippen LogP) is 4.31. The van der Waals surface area contributed by atoms with E-state index in [0.717, 1.165) is 16.9 Å². The third kappa shape index (κ3) is 5.88. The van der Waals surface area contributed by atoms with Gasteiger partial charge in [0.15, 0.2) is 5.76 Å². The Morgan fingerprint density at radius 3 is 2.13 bits per heavy atom. The van der Waals surface area contributed by atoms with Crippen molar-refractivity contribution in [3.05, 3.63) is 71.7 Å². The van der Waals surface area contributed by atoms with E-state index in [2.05, 4.69) is 0 Å². The molecule has 2 aromatic carbocycles. The van der Waals surface area contributed by atoms with E-state index in [1.54, 1.807) is 21.0 Å². The summed E-state index contributed by atoms with van der Waals surface area (Å²) < 4.78 is 42.0. The molecule has 7 nitrogen and oxygen atoms in total. The molecular weight excluding hydrogens is 418 g/mol. The molecule has 1 heterocycles. The second kappa shape index (κ2) is 9.70. The highest BCUT2D eigenvalue weighted by Crippen LogP contribution is 2.25. The number of sulfonamides is 1. The number of carbonyl (C=O) groups excluding carboxylic acids is 1. The molecule has 1 amide bonds. The number of furan rings is 1. The van der Waals surface area contributed by atoms with Crippen LogP contribution in [0.3, 0.4) is 0 Å². The van der Waals surface area contributed by atoms with Crippen LogP contribution in [0.5, 0.6) is 11.5 Å². The number of carbonyl (C=O) groups is 1. The van der Waals surface area contributed by atoms with Crippen LogP contribution in [0.25, 0.3) is 11.1 Å². The highest BCUT2D eigenvalue weighted by molar-refractivity contribution is 7.90. The van der Waals surface area contributed by atoms with Crippen LogP contribution in [0.1, 0.15) is 35.2 Å². The highest BCUT2D eigenvalue weighted by atomic mass is 32.2.